The highest BCUT2D eigenvalue weighted by Crippen LogP contribution is 1.77. The van der Waals surface area contributed by atoms with Crippen LogP contribution in [-0.4, -0.2) is 45.8 Å². The minimum Gasteiger partial charge on any atom is -0.330 e. The van der Waals surface area contributed by atoms with Gasteiger partial charge in [0.2, 0.25) is 0 Å². The Kier molecular flexibility index (Phi) is 15.2. The van der Waals surface area contributed by atoms with Crippen molar-refractivity contribution in [2.75, 3.05) is 45.8 Å². The van der Waals surface area contributed by atoms with Gasteiger partial charge in [0.05, 0.1) is 0 Å². The van der Waals surface area contributed by atoms with E-state index in [4.69, 9.17) is 5.73 Å². The predicted molar refractivity (Wildman–Crippen MR) is 76.3 cm³/mol. The zero-order valence-electron chi connectivity index (χ0n) is 11.3. The van der Waals surface area contributed by atoms with Gasteiger partial charge in [-0.2, -0.15) is 0 Å². The van der Waals surface area contributed by atoms with Crippen molar-refractivity contribution in [1.29, 1.82) is 0 Å². The predicted octanol–water partition coefficient (Wildman–Crippen LogP) is 0.460. The van der Waals surface area contributed by atoms with Gasteiger partial charge in [-0.25, -0.2) is 0 Å². The first-order valence-corrected chi connectivity index (χ1v) is 6.89. The molecule has 0 atom stereocenters. The van der Waals surface area contributed by atoms with Crippen molar-refractivity contribution in [3.63, 3.8) is 0 Å². The Balaban J connectivity index is 2.99. The summed E-state index contributed by atoms with van der Waals surface area (Å²) in [4.78, 5) is 0. The molecule has 0 fully saturated rings. The lowest BCUT2D eigenvalue weighted by molar-refractivity contribution is 0.609. The summed E-state index contributed by atoms with van der Waals surface area (Å²) in [5, 5.41) is 10.1. The third-order valence-corrected chi connectivity index (χ3v) is 2.38. The highest BCUT2D eigenvalue weighted by molar-refractivity contribution is 4.85. The molecule has 0 radical (unpaired) electrons. The monoisotopic (exact) mass is 242 g/mol. The van der Waals surface area contributed by atoms with Crippen LogP contribution in [0.15, 0.2) is 12.2 Å². The maximum atomic E-state index is 5.39. The van der Waals surface area contributed by atoms with Crippen LogP contribution in [-0.2, 0) is 0 Å². The molecule has 0 aromatic rings. The molecule has 17 heavy (non-hydrogen) atoms. The van der Waals surface area contributed by atoms with Gasteiger partial charge in [0, 0.05) is 13.1 Å². The molecule has 0 aliphatic heterocycles. The molecule has 0 spiro atoms. The summed E-state index contributed by atoms with van der Waals surface area (Å²) in [6.45, 7) is 9.21. The van der Waals surface area contributed by atoms with Gasteiger partial charge in [0.15, 0.2) is 0 Å². The lowest BCUT2D eigenvalue weighted by atomic mass is 10.4. The van der Waals surface area contributed by atoms with Crippen LogP contribution in [0.3, 0.4) is 0 Å². The molecule has 0 amide bonds. The van der Waals surface area contributed by atoms with Crippen LogP contribution in [0, 0.1) is 0 Å². The Hall–Kier alpha value is -0.420. The van der Waals surface area contributed by atoms with Gasteiger partial charge < -0.3 is 21.7 Å². The summed E-state index contributed by atoms with van der Waals surface area (Å²) in [5.74, 6) is 0. The van der Waals surface area contributed by atoms with Crippen molar-refractivity contribution in [3.05, 3.63) is 12.2 Å². The topological polar surface area (TPSA) is 62.1 Å². The van der Waals surface area contributed by atoms with E-state index >= 15 is 0 Å². The molecule has 0 aromatic carbocycles. The summed E-state index contributed by atoms with van der Waals surface area (Å²) in [7, 11) is 0. The van der Waals surface area contributed by atoms with E-state index < -0.39 is 0 Å². The van der Waals surface area contributed by atoms with Crippen LogP contribution in [0.5, 0.6) is 0 Å². The smallest absolute Gasteiger partial charge is 0.0135 e. The molecule has 0 unspecified atom stereocenters. The minimum absolute atomic E-state index is 0.768. The molecule has 0 rings (SSSR count). The quantitative estimate of drug-likeness (QED) is 0.280. The fraction of sp³-hybridized carbons (Fsp3) is 0.846. The van der Waals surface area contributed by atoms with Crippen LogP contribution >= 0.6 is 0 Å². The molecule has 5 N–H and O–H groups in total. The van der Waals surface area contributed by atoms with E-state index in [0.29, 0.717) is 0 Å². The highest BCUT2D eigenvalue weighted by atomic mass is 14.9. The minimum atomic E-state index is 0.768. The van der Waals surface area contributed by atoms with Crippen LogP contribution in [0.25, 0.3) is 0 Å². The third kappa shape index (κ3) is 15.6. The van der Waals surface area contributed by atoms with Crippen LogP contribution in [0.1, 0.15) is 26.2 Å². The summed E-state index contributed by atoms with van der Waals surface area (Å²) in [6.07, 6.45) is 7.81. The Bertz CT molecular complexity index is 159. The van der Waals surface area contributed by atoms with E-state index in [1.165, 1.54) is 12.8 Å². The van der Waals surface area contributed by atoms with E-state index in [2.05, 4.69) is 35.0 Å². The zero-order chi connectivity index (χ0) is 12.6. The summed E-state index contributed by atoms with van der Waals surface area (Å²) >= 11 is 0. The molecule has 0 aliphatic carbocycles. The second-order valence-electron chi connectivity index (χ2n) is 4.13. The first-order valence-electron chi connectivity index (χ1n) is 6.89. The number of hydrogen-bond acceptors (Lipinski definition) is 4. The van der Waals surface area contributed by atoms with E-state index in [0.717, 1.165) is 52.2 Å². The fourth-order valence-corrected chi connectivity index (χ4v) is 1.40. The lowest BCUT2D eigenvalue weighted by Gasteiger charge is -2.03. The molecule has 0 aliphatic rings. The average Bonchev–Trinajstić information content (AvgIpc) is 2.35. The van der Waals surface area contributed by atoms with Gasteiger partial charge in [0.1, 0.15) is 0 Å². The summed E-state index contributed by atoms with van der Waals surface area (Å²) in [5.41, 5.74) is 5.39. The largest absolute Gasteiger partial charge is 0.330 e. The van der Waals surface area contributed by atoms with Crippen molar-refractivity contribution < 1.29 is 0 Å². The molecule has 0 aromatic heterocycles. The molecular weight excluding hydrogens is 212 g/mol. The highest BCUT2D eigenvalue weighted by Gasteiger charge is 1.86. The van der Waals surface area contributed by atoms with Gasteiger partial charge in [-0.05, 0) is 52.0 Å². The molecule has 0 saturated heterocycles. The second-order valence-corrected chi connectivity index (χ2v) is 4.13. The molecule has 4 heteroatoms. The molecule has 0 heterocycles. The van der Waals surface area contributed by atoms with Gasteiger partial charge in [0.25, 0.3) is 0 Å². The summed E-state index contributed by atoms with van der Waals surface area (Å²) < 4.78 is 0. The third-order valence-electron chi connectivity index (χ3n) is 2.38. The Morgan fingerprint density at radius 1 is 0.824 bits per heavy atom. The normalized spacial score (nSPS) is 11.4. The van der Waals surface area contributed by atoms with Crippen LogP contribution in [0.4, 0.5) is 0 Å². The first-order chi connectivity index (χ1) is 8.41. The number of nitrogens with one attached hydrogen (secondary N) is 3. The lowest BCUT2D eigenvalue weighted by Crippen LogP contribution is -2.22. The van der Waals surface area contributed by atoms with E-state index in [1.54, 1.807) is 0 Å². The van der Waals surface area contributed by atoms with Crippen molar-refractivity contribution in [1.82, 2.24) is 16.0 Å². The van der Waals surface area contributed by atoms with Crippen molar-refractivity contribution in [2.24, 2.45) is 5.73 Å². The van der Waals surface area contributed by atoms with Gasteiger partial charge in [-0.15, -0.1) is 0 Å². The van der Waals surface area contributed by atoms with Crippen molar-refractivity contribution in [3.8, 4) is 0 Å². The standard InChI is InChI=1S/C13H30N4/c1-2-8-15-12-6-13-17-10-4-3-9-16-11-5-7-14/h3-4,15-17H,2,5-14H2,1H3. The first kappa shape index (κ1) is 16.6. The average molecular weight is 242 g/mol. The number of rotatable bonds is 13. The fourth-order valence-electron chi connectivity index (χ4n) is 1.40. The summed E-state index contributed by atoms with van der Waals surface area (Å²) in [6, 6.07) is 0. The maximum Gasteiger partial charge on any atom is 0.0135 e. The second kappa shape index (κ2) is 15.6. The van der Waals surface area contributed by atoms with Gasteiger partial charge in [-0.1, -0.05) is 19.1 Å². The van der Waals surface area contributed by atoms with Gasteiger partial charge in [-0.3, -0.25) is 0 Å². The van der Waals surface area contributed by atoms with Crippen LogP contribution in [0.2, 0.25) is 0 Å². The Morgan fingerprint density at radius 3 is 2.00 bits per heavy atom. The van der Waals surface area contributed by atoms with Crippen molar-refractivity contribution in [2.45, 2.75) is 26.2 Å². The SMILES string of the molecule is CCCNCCCNCC=CCNCCCN. The molecular formula is C13H30N4. The molecule has 0 bridgehead atoms. The number of hydrogen-bond donors (Lipinski definition) is 4. The molecule has 102 valence electrons. The maximum absolute atomic E-state index is 5.39. The number of nitrogens with two attached hydrogens (primary N) is 1. The Morgan fingerprint density at radius 2 is 1.41 bits per heavy atom. The van der Waals surface area contributed by atoms with Crippen LogP contribution < -0.4 is 21.7 Å². The Labute approximate surface area is 106 Å². The molecule has 0 saturated carbocycles. The van der Waals surface area contributed by atoms with E-state index in [-0.39, 0.29) is 0 Å². The van der Waals surface area contributed by atoms with Gasteiger partial charge >= 0.3 is 0 Å². The zero-order valence-corrected chi connectivity index (χ0v) is 11.3. The van der Waals surface area contributed by atoms with E-state index in [9.17, 15) is 0 Å². The van der Waals surface area contributed by atoms with E-state index in [1.807, 2.05) is 0 Å². The van der Waals surface area contributed by atoms with Crippen molar-refractivity contribution >= 4 is 0 Å². The molecule has 4 nitrogen and oxygen atoms in total.